The minimum absolute atomic E-state index is 0.290. The number of hydrogen-bond acceptors (Lipinski definition) is 4. The molecule has 1 atom stereocenters. The van der Waals surface area contributed by atoms with Crippen LogP contribution in [0.1, 0.15) is 53.4 Å². The van der Waals surface area contributed by atoms with Gasteiger partial charge in [-0.25, -0.2) is 0 Å². The molecule has 108 valence electrons. The molecule has 0 rings (SSSR count). The molecule has 0 amide bonds. The topological polar surface area (TPSA) is 55.6 Å². The summed E-state index contributed by atoms with van der Waals surface area (Å²) in [5.41, 5.74) is 5.13. The number of nitrogens with zero attached hydrogens (tertiary/aromatic N) is 1. The smallest absolute Gasteiger partial charge is 0.325 e. The standard InChI is InChI=1S/C14H30N2O2/c1-5-8-11-16(6-2)12-9-10-14(4,15)13(17)18-7-3/h5-12,15H2,1-4H3. The second-order valence-electron chi connectivity index (χ2n) is 5.03. The van der Waals surface area contributed by atoms with Crippen molar-refractivity contribution in [2.24, 2.45) is 5.73 Å². The Morgan fingerprint density at radius 1 is 1.22 bits per heavy atom. The summed E-state index contributed by atoms with van der Waals surface area (Å²) in [5, 5.41) is 0. The summed E-state index contributed by atoms with van der Waals surface area (Å²) in [7, 11) is 0. The number of rotatable bonds is 10. The maximum atomic E-state index is 11.6. The summed E-state index contributed by atoms with van der Waals surface area (Å²) in [6.07, 6.45) is 4.05. The van der Waals surface area contributed by atoms with Gasteiger partial charge in [0.25, 0.3) is 0 Å². The number of esters is 1. The molecular weight excluding hydrogens is 228 g/mol. The van der Waals surface area contributed by atoms with Gasteiger partial charge < -0.3 is 15.4 Å². The highest BCUT2D eigenvalue weighted by Crippen LogP contribution is 2.12. The molecule has 0 fully saturated rings. The Bertz CT molecular complexity index is 230. The Morgan fingerprint density at radius 2 is 1.83 bits per heavy atom. The first-order valence-corrected chi connectivity index (χ1v) is 7.16. The summed E-state index contributed by atoms with van der Waals surface area (Å²) < 4.78 is 4.98. The Balaban J connectivity index is 3.96. The molecule has 0 saturated carbocycles. The van der Waals surface area contributed by atoms with Gasteiger partial charge in [-0.1, -0.05) is 20.3 Å². The van der Waals surface area contributed by atoms with E-state index >= 15 is 0 Å². The van der Waals surface area contributed by atoms with E-state index in [1.165, 1.54) is 12.8 Å². The molecule has 0 bridgehead atoms. The van der Waals surface area contributed by atoms with Crippen LogP contribution >= 0.6 is 0 Å². The minimum atomic E-state index is -0.847. The summed E-state index contributed by atoms with van der Waals surface area (Å²) in [5.74, 6) is -0.290. The van der Waals surface area contributed by atoms with E-state index in [0.29, 0.717) is 13.0 Å². The second kappa shape index (κ2) is 9.34. The van der Waals surface area contributed by atoms with Crippen LogP contribution in [0.25, 0.3) is 0 Å². The fourth-order valence-electron chi connectivity index (χ4n) is 1.88. The molecule has 4 heteroatoms. The van der Waals surface area contributed by atoms with Gasteiger partial charge in [0.05, 0.1) is 6.61 Å². The molecule has 0 aromatic carbocycles. The zero-order valence-electron chi connectivity index (χ0n) is 12.5. The highest BCUT2D eigenvalue weighted by molar-refractivity contribution is 5.79. The lowest BCUT2D eigenvalue weighted by Gasteiger charge is -2.25. The third-order valence-electron chi connectivity index (χ3n) is 3.19. The van der Waals surface area contributed by atoms with Crippen LogP contribution in [0, 0.1) is 0 Å². The highest BCUT2D eigenvalue weighted by Gasteiger charge is 2.29. The van der Waals surface area contributed by atoms with E-state index < -0.39 is 5.54 Å². The van der Waals surface area contributed by atoms with Crippen molar-refractivity contribution in [1.29, 1.82) is 0 Å². The molecule has 0 aliphatic carbocycles. The lowest BCUT2D eigenvalue weighted by molar-refractivity contribution is -0.149. The van der Waals surface area contributed by atoms with Gasteiger partial charge >= 0.3 is 5.97 Å². The van der Waals surface area contributed by atoms with Crippen LogP contribution in [-0.4, -0.2) is 42.6 Å². The Hall–Kier alpha value is -0.610. The quantitative estimate of drug-likeness (QED) is 0.610. The van der Waals surface area contributed by atoms with Gasteiger partial charge in [0.15, 0.2) is 0 Å². The third kappa shape index (κ3) is 6.97. The fourth-order valence-corrected chi connectivity index (χ4v) is 1.88. The van der Waals surface area contributed by atoms with Crippen LogP contribution in [0.15, 0.2) is 0 Å². The average molecular weight is 258 g/mol. The molecule has 0 saturated heterocycles. The first kappa shape index (κ1) is 17.4. The van der Waals surface area contributed by atoms with Crippen LogP contribution in [0.2, 0.25) is 0 Å². The van der Waals surface area contributed by atoms with Crippen molar-refractivity contribution in [2.45, 2.75) is 58.9 Å². The van der Waals surface area contributed by atoms with Crippen molar-refractivity contribution in [3.8, 4) is 0 Å². The van der Waals surface area contributed by atoms with E-state index in [1.807, 2.05) is 0 Å². The Labute approximate surface area is 112 Å². The van der Waals surface area contributed by atoms with Crippen molar-refractivity contribution in [3.63, 3.8) is 0 Å². The van der Waals surface area contributed by atoms with Gasteiger partial charge in [0.1, 0.15) is 5.54 Å². The van der Waals surface area contributed by atoms with E-state index in [2.05, 4.69) is 18.7 Å². The SMILES string of the molecule is CCCCN(CC)CCCC(C)(N)C(=O)OCC. The molecular formula is C14H30N2O2. The number of carbonyl (C=O) groups is 1. The Morgan fingerprint density at radius 3 is 2.33 bits per heavy atom. The largest absolute Gasteiger partial charge is 0.465 e. The predicted molar refractivity (Wildman–Crippen MR) is 75.5 cm³/mol. The lowest BCUT2D eigenvalue weighted by atomic mass is 9.97. The summed E-state index contributed by atoms with van der Waals surface area (Å²) in [4.78, 5) is 14.0. The van der Waals surface area contributed by atoms with Crippen LogP contribution < -0.4 is 5.73 Å². The molecule has 0 radical (unpaired) electrons. The van der Waals surface area contributed by atoms with Crippen molar-refractivity contribution in [2.75, 3.05) is 26.2 Å². The van der Waals surface area contributed by atoms with Crippen molar-refractivity contribution in [3.05, 3.63) is 0 Å². The molecule has 0 aromatic heterocycles. The van der Waals surface area contributed by atoms with E-state index in [9.17, 15) is 4.79 Å². The van der Waals surface area contributed by atoms with Crippen LogP contribution in [0.5, 0.6) is 0 Å². The summed E-state index contributed by atoms with van der Waals surface area (Å²) in [6.45, 7) is 11.5. The molecule has 0 aromatic rings. The van der Waals surface area contributed by atoms with Gasteiger partial charge in [-0.2, -0.15) is 0 Å². The van der Waals surface area contributed by atoms with E-state index in [-0.39, 0.29) is 5.97 Å². The molecule has 0 heterocycles. The fraction of sp³-hybridized carbons (Fsp3) is 0.929. The van der Waals surface area contributed by atoms with E-state index in [0.717, 1.165) is 26.1 Å². The minimum Gasteiger partial charge on any atom is -0.465 e. The normalized spacial score (nSPS) is 14.6. The maximum Gasteiger partial charge on any atom is 0.325 e. The second-order valence-corrected chi connectivity index (χ2v) is 5.03. The molecule has 18 heavy (non-hydrogen) atoms. The summed E-state index contributed by atoms with van der Waals surface area (Å²) >= 11 is 0. The maximum absolute atomic E-state index is 11.6. The zero-order valence-corrected chi connectivity index (χ0v) is 12.5. The van der Waals surface area contributed by atoms with Crippen molar-refractivity contribution in [1.82, 2.24) is 4.90 Å². The molecule has 4 nitrogen and oxygen atoms in total. The molecule has 1 unspecified atom stereocenters. The van der Waals surface area contributed by atoms with Gasteiger partial charge in [-0.3, -0.25) is 4.79 Å². The third-order valence-corrected chi connectivity index (χ3v) is 3.19. The predicted octanol–water partition coefficient (Wildman–Crippen LogP) is 2.17. The molecule has 0 aliphatic rings. The van der Waals surface area contributed by atoms with Gasteiger partial charge in [-0.15, -0.1) is 0 Å². The monoisotopic (exact) mass is 258 g/mol. The lowest BCUT2D eigenvalue weighted by Crippen LogP contribution is -2.46. The van der Waals surface area contributed by atoms with Gasteiger partial charge in [-0.05, 0) is 52.7 Å². The van der Waals surface area contributed by atoms with Gasteiger partial charge in [0, 0.05) is 0 Å². The van der Waals surface area contributed by atoms with Gasteiger partial charge in [0.2, 0.25) is 0 Å². The molecule has 0 spiro atoms. The number of ether oxygens (including phenoxy) is 1. The highest BCUT2D eigenvalue weighted by atomic mass is 16.5. The van der Waals surface area contributed by atoms with E-state index in [4.69, 9.17) is 10.5 Å². The number of unbranched alkanes of at least 4 members (excludes halogenated alkanes) is 1. The molecule has 0 aliphatic heterocycles. The summed E-state index contributed by atoms with van der Waals surface area (Å²) in [6, 6.07) is 0. The van der Waals surface area contributed by atoms with Crippen LogP contribution in [0.4, 0.5) is 0 Å². The van der Waals surface area contributed by atoms with Crippen molar-refractivity contribution >= 4 is 5.97 Å². The first-order valence-electron chi connectivity index (χ1n) is 7.16. The number of nitrogens with two attached hydrogens (primary N) is 1. The molecule has 2 N–H and O–H groups in total. The number of carbonyl (C=O) groups excluding carboxylic acids is 1. The first-order chi connectivity index (χ1) is 8.47. The number of hydrogen-bond donors (Lipinski definition) is 1. The Kier molecular flexibility index (Phi) is 9.02. The average Bonchev–Trinajstić information content (AvgIpc) is 2.33. The van der Waals surface area contributed by atoms with Crippen molar-refractivity contribution < 1.29 is 9.53 Å². The van der Waals surface area contributed by atoms with Crippen LogP contribution in [-0.2, 0) is 9.53 Å². The van der Waals surface area contributed by atoms with Crippen LogP contribution in [0.3, 0.4) is 0 Å². The zero-order chi connectivity index (χ0) is 14.0. The van der Waals surface area contributed by atoms with E-state index in [1.54, 1.807) is 13.8 Å².